The molecule has 104 valence electrons. The Hall–Kier alpha value is -2.17. The lowest BCUT2D eigenvalue weighted by Crippen LogP contribution is -2.09. The van der Waals surface area contributed by atoms with Gasteiger partial charge in [0.05, 0.1) is 0 Å². The van der Waals surface area contributed by atoms with Crippen LogP contribution in [0.4, 0.5) is 0 Å². The average molecular weight is 315 g/mol. The molecule has 3 rings (SSSR count). The van der Waals surface area contributed by atoms with Crippen molar-refractivity contribution in [2.75, 3.05) is 0 Å². The highest BCUT2D eigenvalue weighted by Crippen LogP contribution is 2.31. The van der Waals surface area contributed by atoms with Crippen molar-refractivity contribution in [3.8, 4) is 0 Å². The number of fused-ring (bicyclic) bond motifs is 1. The number of benzene rings is 1. The lowest BCUT2D eigenvalue weighted by molar-refractivity contribution is 0.100. The third-order valence-electron chi connectivity index (χ3n) is 3.04. The number of primary amides is 1. The minimum Gasteiger partial charge on any atom is -0.365 e. The maximum absolute atomic E-state index is 11.6. The van der Waals surface area contributed by atoms with E-state index in [1.807, 2.05) is 48.6 Å². The van der Waals surface area contributed by atoms with Gasteiger partial charge in [-0.3, -0.25) is 4.79 Å². The Morgan fingerprint density at radius 3 is 2.67 bits per heavy atom. The molecule has 0 atom stereocenters. The van der Waals surface area contributed by atoms with Gasteiger partial charge < -0.3 is 5.73 Å². The summed E-state index contributed by atoms with van der Waals surface area (Å²) in [5.41, 5.74) is 7.27. The molecule has 5 heteroatoms. The van der Waals surface area contributed by atoms with Crippen molar-refractivity contribution in [2.45, 2.75) is 0 Å². The number of hydrogen-bond acceptors (Lipinski definition) is 3. The Morgan fingerprint density at radius 2 is 1.95 bits per heavy atom. The summed E-state index contributed by atoms with van der Waals surface area (Å²) in [6.07, 6.45) is 5.53. The molecule has 2 aromatic heterocycles. The van der Waals surface area contributed by atoms with Crippen LogP contribution in [0, 0.1) is 0 Å². The van der Waals surface area contributed by atoms with Gasteiger partial charge in [-0.05, 0) is 29.8 Å². The summed E-state index contributed by atoms with van der Waals surface area (Å²) in [7, 11) is 0. The normalized spacial score (nSPS) is 11.3. The van der Waals surface area contributed by atoms with E-state index in [9.17, 15) is 4.79 Å². The van der Waals surface area contributed by atoms with E-state index >= 15 is 0 Å². The van der Waals surface area contributed by atoms with Gasteiger partial charge in [-0.1, -0.05) is 35.9 Å². The molecule has 3 nitrogen and oxygen atoms in total. The molecular formula is C16H11ClN2OS. The maximum Gasteiger partial charge on any atom is 0.259 e. The van der Waals surface area contributed by atoms with Crippen molar-refractivity contribution in [2.24, 2.45) is 5.73 Å². The molecule has 3 aromatic rings. The highest BCUT2D eigenvalue weighted by molar-refractivity contribution is 7.20. The van der Waals surface area contributed by atoms with Gasteiger partial charge in [0.25, 0.3) is 5.91 Å². The van der Waals surface area contributed by atoms with Crippen LogP contribution in [0.15, 0.2) is 42.6 Å². The Kier molecular flexibility index (Phi) is 3.73. The molecule has 0 saturated carbocycles. The summed E-state index contributed by atoms with van der Waals surface area (Å²) in [5, 5.41) is 1.62. The number of halogens is 1. The van der Waals surface area contributed by atoms with Gasteiger partial charge in [-0.15, -0.1) is 11.3 Å². The van der Waals surface area contributed by atoms with Crippen LogP contribution in [0.2, 0.25) is 5.02 Å². The van der Waals surface area contributed by atoms with E-state index in [1.165, 1.54) is 11.3 Å². The molecule has 1 amide bonds. The Morgan fingerprint density at radius 1 is 1.19 bits per heavy atom. The molecule has 1 aromatic carbocycles. The number of nitrogens with zero attached hydrogens (tertiary/aromatic N) is 1. The summed E-state index contributed by atoms with van der Waals surface area (Å²) < 4.78 is 0. The average Bonchev–Trinajstić information content (AvgIpc) is 2.86. The number of nitrogens with two attached hydrogens (primary N) is 1. The molecule has 0 aliphatic heterocycles. The highest BCUT2D eigenvalue weighted by Gasteiger charge is 2.14. The van der Waals surface area contributed by atoms with E-state index in [1.54, 1.807) is 6.20 Å². The molecule has 0 aliphatic rings. The minimum atomic E-state index is -0.436. The minimum absolute atomic E-state index is 0.436. The fourth-order valence-corrected chi connectivity index (χ4v) is 3.16. The molecular weight excluding hydrogens is 304 g/mol. The molecule has 0 bridgehead atoms. The van der Waals surface area contributed by atoms with Gasteiger partial charge in [0.15, 0.2) is 0 Å². The van der Waals surface area contributed by atoms with Crippen LogP contribution >= 0.6 is 22.9 Å². The number of carbonyl (C=O) groups excluding carboxylic acids is 1. The zero-order valence-corrected chi connectivity index (χ0v) is 12.5. The smallest absolute Gasteiger partial charge is 0.259 e. The van der Waals surface area contributed by atoms with Gasteiger partial charge in [0.1, 0.15) is 9.71 Å². The van der Waals surface area contributed by atoms with E-state index < -0.39 is 5.91 Å². The topological polar surface area (TPSA) is 56.0 Å². The standard InChI is InChI=1S/C16H11ClN2OS/c17-11-6-3-10(4-7-11)5-8-12-13-2-1-9-19-16(13)21-14(12)15(18)20/h1-9H,(H2,18,20)/b8-5+. The lowest BCUT2D eigenvalue weighted by atomic mass is 10.1. The lowest BCUT2D eigenvalue weighted by Gasteiger charge is -1.96. The summed E-state index contributed by atoms with van der Waals surface area (Å²) in [6, 6.07) is 11.3. The first kappa shape index (κ1) is 13.8. The number of thiophene rings is 1. The van der Waals surface area contributed by atoms with Crippen molar-refractivity contribution >= 4 is 51.2 Å². The van der Waals surface area contributed by atoms with Crippen LogP contribution in [0.3, 0.4) is 0 Å². The molecule has 0 unspecified atom stereocenters. The zero-order chi connectivity index (χ0) is 14.8. The highest BCUT2D eigenvalue weighted by atomic mass is 35.5. The molecule has 2 heterocycles. The fraction of sp³-hybridized carbons (Fsp3) is 0. The van der Waals surface area contributed by atoms with E-state index in [0.717, 1.165) is 21.3 Å². The molecule has 0 saturated heterocycles. The third kappa shape index (κ3) is 2.82. The number of hydrogen-bond donors (Lipinski definition) is 1. The number of rotatable bonds is 3. The van der Waals surface area contributed by atoms with Crippen molar-refractivity contribution in [3.63, 3.8) is 0 Å². The predicted octanol–water partition coefficient (Wildman–Crippen LogP) is 4.22. The van der Waals surface area contributed by atoms with Crippen molar-refractivity contribution in [1.29, 1.82) is 0 Å². The summed E-state index contributed by atoms with van der Waals surface area (Å²) in [5.74, 6) is -0.436. The zero-order valence-electron chi connectivity index (χ0n) is 10.9. The second-order valence-electron chi connectivity index (χ2n) is 4.45. The van der Waals surface area contributed by atoms with Gasteiger partial charge in [-0.25, -0.2) is 4.98 Å². The Balaban J connectivity index is 2.08. The molecule has 21 heavy (non-hydrogen) atoms. The first-order valence-electron chi connectivity index (χ1n) is 6.26. The largest absolute Gasteiger partial charge is 0.365 e. The molecule has 0 radical (unpaired) electrons. The number of amides is 1. The molecule has 0 aliphatic carbocycles. The van der Waals surface area contributed by atoms with E-state index in [2.05, 4.69) is 4.98 Å². The van der Waals surface area contributed by atoms with E-state index in [-0.39, 0.29) is 0 Å². The second-order valence-corrected chi connectivity index (χ2v) is 5.89. The van der Waals surface area contributed by atoms with Crippen molar-refractivity contribution in [1.82, 2.24) is 4.98 Å². The number of aromatic nitrogens is 1. The SMILES string of the molecule is NC(=O)c1sc2ncccc2c1/C=C/c1ccc(Cl)cc1. The summed E-state index contributed by atoms with van der Waals surface area (Å²) in [4.78, 5) is 17.2. The summed E-state index contributed by atoms with van der Waals surface area (Å²) in [6.45, 7) is 0. The first-order chi connectivity index (χ1) is 10.1. The molecule has 2 N–H and O–H groups in total. The van der Waals surface area contributed by atoms with Gasteiger partial charge >= 0.3 is 0 Å². The third-order valence-corrected chi connectivity index (χ3v) is 4.44. The number of pyridine rings is 1. The van der Waals surface area contributed by atoms with Gasteiger partial charge in [-0.2, -0.15) is 0 Å². The van der Waals surface area contributed by atoms with E-state index in [4.69, 9.17) is 17.3 Å². The number of carbonyl (C=O) groups is 1. The van der Waals surface area contributed by atoms with Crippen LogP contribution in [-0.4, -0.2) is 10.9 Å². The van der Waals surface area contributed by atoms with Crippen LogP contribution in [0.5, 0.6) is 0 Å². The van der Waals surface area contributed by atoms with Crippen LogP contribution in [0.25, 0.3) is 22.4 Å². The van der Waals surface area contributed by atoms with Gasteiger partial charge in [0.2, 0.25) is 0 Å². The van der Waals surface area contributed by atoms with Crippen LogP contribution in [0.1, 0.15) is 20.8 Å². The predicted molar refractivity (Wildman–Crippen MR) is 88.5 cm³/mol. The fourth-order valence-electron chi connectivity index (χ4n) is 2.05. The maximum atomic E-state index is 11.6. The molecule has 0 fully saturated rings. The van der Waals surface area contributed by atoms with Crippen molar-refractivity contribution in [3.05, 3.63) is 63.6 Å². The monoisotopic (exact) mass is 314 g/mol. The Bertz CT molecular complexity index is 837. The van der Waals surface area contributed by atoms with E-state index in [0.29, 0.717) is 9.90 Å². The molecule has 0 spiro atoms. The second kappa shape index (κ2) is 5.68. The van der Waals surface area contributed by atoms with Gasteiger partial charge in [0, 0.05) is 22.2 Å². The quantitative estimate of drug-likeness (QED) is 0.787. The Labute approximate surface area is 130 Å². The van der Waals surface area contributed by atoms with Crippen LogP contribution < -0.4 is 5.73 Å². The van der Waals surface area contributed by atoms with Crippen molar-refractivity contribution < 1.29 is 4.79 Å². The first-order valence-corrected chi connectivity index (χ1v) is 7.45. The van der Waals surface area contributed by atoms with Crippen LogP contribution in [-0.2, 0) is 0 Å². The summed E-state index contributed by atoms with van der Waals surface area (Å²) >= 11 is 7.18.